The first-order valence-electron chi connectivity index (χ1n) is 12.2. The average molecular weight is 573 g/mol. The normalized spacial score (nSPS) is 19.7. The van der Waals surface area contributed by atoms with Crippen molar-refractivity contribution >= 4 is 35.8 Å². The number of carbonyl (C=O) groups is 1. The van der Waals surface area contributed by atoms with Crippen LogP contribution in [0.4, 0.5) is 0 Å². The number of hydrogen-bond acceptors (Lipinski definition) is 4. The highest BCUT2D eigenvalue weighted by atomic mass is 127. The number of rotatable bonds is 8. The fourth-order valence-electron chi connectivity index (χ4n) is 4.39. The molecule has 2 saturated heterocycles. The SMILES string of the molecule is CCN(CC)C(=O)c1ccc(CNC(=NC)N2CCC(OCC3CCCCO3)CC2)cc1.I. The Balaban J connectivity index is 0.00000385. The van der Waals surface area contributed by atoms with Gasteiger partial charge in [-0.05, 0) is 63.6 Å². The Morgan fingerprint density at radius 2 is 1.85 bits per heavy atom. The summed E-state index contributed by atoms with van der Waals surface area (Å²) in [5.41, 5.74) is 1.87. The van der Waals surface area contributed by atoms with E-state index < -0.39 is 0 Å². The van der Waals surface area contributed by atoms with Crippen LogP contribution >= 0.6 is 24.0 Å². The van der Waals surface area contributed by atoms with Gasteiger partial charge in [0.1, 0.15) is 0 Å². The third-order valence-corrected chi connectivity index (χ3v) is 6.45. The Morgan fingerprint density at radius 1 is 1.15 bits per heavy atom. The van der Waals surface area contributed by atoms with Crippen LogP contribution in [0.2, 0.25) is 0 Å². The molecular formula is C25H41IN4O3. The topological polar surface area (TPSA) is 66.4 Å². The van der Waals surface area contributed by atoms with E-state index in [4.69, 9.17) is 9.47 Å². The molecule has 0 spiro atoms. The van der Waals surface area contributed by atoms with Crippen LogP contribution in [0, 0.1) is 0 Å². The van der Waals surface area contributed by atoms with Gasteiger partial charge in [-0.25, -0.2) is 0 Å². The molecule has 0 bridgehead atoms. The van der Waals surface area contributed by atoms with Crippen molar-refractivity contribution < 1.29 is 14.3 Å². The Kier molecular flexibility index (Phi) is 12.5. The van der Waals surface area contributed by atoms with Gasteiger partial charge in [0.05, 0.1) is 18.8 Å². The van der Waals surface area contributed by atoms with Crippen LogP contribution in [-0.4, -0.2) is 80.3 Å². The first-order chi connectivity index (χ1) is 15.6. The van der Waals surface area contributed by atoms with E-state index in [1.165, 1.54) is 12.8 Å². The number of likely N-dealkylation sites (tertiary alicyclic amines) is 1. The quantitative estimate of drug-likeness (QED) is 0.291. The van der Waals surface area contributed by atoms with Crippen LogP contribution in [0.5, 0.6) is 0 Å². The Bertz CT molecular complexity index is 726. The number of benzene rings is 1. The molecule has 0 aliphatic carbocycles. The van der Waals surface area contributed by atoms with Crippen LogP contribution < -0.4 is 5.32 Å². The van der Waals surface area contributed by atoms with E-state index in [1.807, 2.05) is 50.1 Å². The molecule has 1 aromatic carbocycles. The minimum absolute atomic E-state index is 0. The number of nitrogens with zero attached hydrogens (tertiary/aromatic N) is 3. The number of carbonyl (C=O) groups excluding carboxylic acids is 1. The predicted molar refractivity (Wildman–Crippen MR) is 143 cm³/mol. The molecule has 3 rings (SSSR count). The molecule has 1 atom stereocenters. The summed E-state index contributed by atoms with van der Waals surface area (Å²) in [6.07, 6.45) is 6.17. The summed E-state index contributed by atoms with van der Waals surface area (Å²) in [5.74, 6) is 1.01. The summed E-state index contributed by atoms with van der Waals surface area (Å²) in [4.78, 5) is 21.1. The Morgan fingerprint density at radius 3 is 2.42 bits per heavy atom. The Hall–Kier alpha value is -1.39. The monoisotopic (exact) mass is 572 g/mol. The van der Waals surface area contributed by atoms with E-state index >= 15 is 0 Å². The number of hydrogen-bond donors (Lipinski definition) is 1. The van der Waals surface area contributed by atoms with E-state index in [2.05, 4.69) is 15.2 Å². The molecule has 2 aliphatic rings. The van der Waals surface area contributed by atoms with Gasteiger partial charge in [-0.2, -0.15) is 0 Å². The molecule has 1 aromatic rings. The predicted octanol–water partition coefficient (Wildman–Crippen LogP) is 3.91. The van der Waals surface area contributed by atoms with Crippen LogP contribution in [0.3, 0.4) is 0 Å². The molecule has 33 heavy (non-hydrogen) atoms. The van der Waals surface area contributed by atoms with Crippen molar-refractivity contribution in [3.05, 3.63) is 35.4 Å². The molecule has 0 saturated carbocycles. The number of guanidine groups is 1. The summed E-state index contributed by atoms with van der Waals surface area (Å²) >= 11 is 0. The second-order valence-corrected chi connectivity index (χ2v) is 8.58. The minimum atomic E-state index is 0. The highest BCUT2D eigenvalue weighted by Gasteiger charge is 2.23. The van der Waals surface area contributed by atoms with Gasteiger partial charge in [0.2, 0.25) is 0 Å². The molecule has 1 N–H and O–H groups in total. The van der Waals surface area contributed by atoms with Crippen LogP contribution in [0.25, 0.3) is 0 Å². The largest absolute Gasteiger partial charge is 0.376 e. The maximum absolute atomic E-state index is 12.5. The molecule has 2 fully saturated rings. The van der Waals surface area contributed by atoms with Crippen LogP contribution in [-0.2, 0) is 16.0 Å². The molecule has 186 valence electrons. The van der Waals surface area contributed by atoms with E-state index in [0.717, 1.165) is 75.7 Å². The molecular weight excluding hydrogens is 531 g/mol. The van der Waals surface area contributed by atoms with Crippen LogP contribution in [0.15, 0.2) is 29.3 Å². The summed E-state index contributed by atoms with van der Waals surface area (Å²) in [6.45, 7) is 9.63. The van der Waals surface area contributed by atoms with Gasteiger partial charge in [-0.3, -0.25) is 9.79 Å². The molecule has 1 unspecified atom stereocenters. The maximum atomic E-state index is 12.5. The smallest absolute Gasteiger partial charge is 0.253 e. The highest BCUT2D eigenvalue weighted by Crippen LogP contribution is 2.18. The summed E-state index contributed by atoms with van der Waals surface area (Å²) < 4.78 is 11.9. The first kappa shape index (κ1) is 27.9. The summed E-state index contributed by atoms with van der Waals surface area (Å²) in [7, 11) is 1.83. The maximum Gasteiger partial charge on any atom is 0.253 e. The molecule has 0 aromatic heterocycles. The lowest BCUT2D eigenvalue weighted by Gasteiger charge is -2.35. The lowest BCUT2D eigenvalue weighted by molar-refractivity contribution is -0.0721. The van der Waals surface area contributed by atoms with E-state index in [9.17, 15) is 4.79 Å². The van der Waals surface area contributed by atoms with Crippen molar-refractivity contribution in [3.8, 4) is 0 Å². The fourth-order valence-corrected chi connectivity index (χ4v) is 4.39. The van der Waals surface area contributed by atoms with Gasteiger partial charge in [0.25, 0.3) is 5.91 Å². The van der Waals surface area contributed by atoms with E-state index in [-0.39, 0.29) is 36.0 Å². The Labute approximate surface area is 216 Å². The molecule has 8 heteroatoms. The fraction of sp³-hybridized carbons (Fsp3) is 0.680. The number of amides is 1. The van der Waals surface area contributed by atoms with Crippen molar-refractivity contribution in [2.75, 3.05) is 46.4 Å². The van der Waals surface area contributed by atoms with Crippen molar-refractivity contribution in [1.82, 2.24) is 15.1 Å². The standard InChI is InChI=1S/C25H40N4O3.HI/c1-4-28(5-2)24(30)21-11-9-20(10-12-21)18-27-25(26-3)29-15-13-22(14-16-29)32-19-23-8-6-7-17-31-23;/h9-12,22-23H,4-8,13-19H2,1-3H3,(H,26,27);1H. The van der Waals surface area contributed by atoms with Crippen molar-refractivity contribution in [1.29, 1.82) is 0 Å². The first-order valence-corrected chi connectivity index (χ1v) is 12.2. The molecule has 0 radical (unpaired) electrons. The summed E-state index contributed by atoms with van der Waals surface area (Å²) in [5, 5.41) is 3.47. The van der Waals surface area contributed by atoms with Crippen LogP contribution in [0.1, 0.15) is 61.9 Å². The lowest BCUT2D eigenvalue weighted by Crippen LogP contribution is -2.47. The van der Waals surface area contributed by atoms with E-state index in [0.29, 0.717) is 12.6 Å². The molecule has 2 heterocycles. The number of ether oxygens (including phenoxy) is 2. The zero-order chi connectivity index (χ0) is 22.8. The molecule has 7 nitrogen and oxygen atoms in total. The number of piperidine rings is 1. The number of nitrogens with one attached hydrogen (secondary N) is 1. The average Bonchev–Trinajstić information content (AvgIpc) is 2.85. The molecule has 1 amide bonds. The van der Waals surface area contributed by atoms with Gasteiger partial charge >= 0.3 is 0 Å². The highest BCUT2D eigenvalue weighted by molar-refractivity contribution is 14.0. The van der Waals surface area contributed by atoms with Crippen molar-refractivity contribution in [2.45, 2.75) is 64.7 Å². The number of aliphatic imine (C=N–C) groups is 1. The minimum Gasteiger partial charge on any atom is -0.376 e. The summed E-state index contributed by atoms with van der Waals surface area (Å²) in [6, 6.07) is 7.87. The number of halogens is 1. The zero-order valence-electron chi connectivity index (χ0n) is 20.4. The van der Waals surface area contributed by atoms with E-state index in [1.54, 1.807) is 0 Å². The van der Waals surface area contributed by atoms with Gasteiger partial charge in [0, 0.05) is 51.9 Å². The van der Waals surface area contributed by atoms with Gasteiger partial charge < -0.3 is 24.6 Å². The van der Waals surface area contributed by atoms with Gasteiger partial charge in [-0.15, -0.1) is 24.0 Å². The third kappa shape index (κ3) is 8.40. The van der Waals surface area contributed by atoms with Gasteiger partial charge in [0.15, 0.2) is 5.96 Å². The van der Waals surface area contributed by atoms with Gasteiger partial charge in [-0.1, -0.05) is 12.1 Å². The second kappa shape index (κ2) is 14.8. The van der Waals surface area contributed by atoms with Crippen molar-refractivity contribution in [3.63, 3.8) is 0 Å². The second-order valence-electron chi connectivity index (χ2n) is 8.58. The third-order valence-electron chi connectivity index (χ3n) is 6.45. The lowest BCUT2D eigenvalue weighted by atomic mass is 10.1. The zero-order valence-corrected chi connectivity index (χ0v) is 22.8. The van der Waals surface area contributed by atoms with Crippen molar-refractivity contribution in [2.24, 2.45) is 4.99 Å². The molecule has 2 aliphatic heterocycles.